The second kappa shape index (κ2) is 4.02. The molecule has 17 heavy (non-hydrogen) atoms. The number of imidazole rings is 1. The van der Waals surface area contributed by atoms with Crippen LogP contribution in [0.3, 0.4) is 0 Å². The molecule has 3 rings (SSSR count). The zero-order valence-electron chi connectivity index (χ0n) is 9.32. The van der Waals surface area contributed by atoms with Gasteiger partial charge in [0.2, 0.25) is 0 Å². The number of benzene rings is 1. The minimum atomic E-state index is -1.41. The molecule has 1 aliphatic rings. The van der Waals surface area contributed by atoms with Crippen LogP contribution in [0.2, 0.25) is 0 Å². The van der Waals surface area contributed by atoms with E-state index < -0.39 is 7.12 Å². The molecule has 0 radical (unpaired) electrons. The highest BCUT2D eigenvalue weighted by atomic mass is 16.4. The monoisotopic (exact) mass is 228 g/mol. The van der Waals surface area contributed by atoms with Crippen LogP contribution in [0.25, 0.3) is 5.69 Å². The molecule has 0 unspecified atom stereocenters. The fourth-order valence-electron chi connectivity index (χ4n) is 1.89. The van der Waals surface area contributed by atoms with Crippen molar-refractivity contribution in [1.82, 2.24) is 9.55 Å². The van der Waals surface area contributed by atoms with Crippen LogP contribution in [0.4, 0.5) is 0 Å². The average molecular weight is 228 g/mol. The van der Waals surface area contributed by atoms with Gasteiger partial charge in [0, 0.05) is 17.8 Å². The molecule has 86 valence electrons. The van der Waals surface area contributed by atoms with Crippen molar-refractivity contribution >= 4 is 12.6 Å². The smallest absolute Gasteiger partial charge is 0.423 e. The summed E-state index contributed by atoms with van der Waals surface area (Å²) in [6, 6.07) is 7.12. The first-order valence-corrected chi connectivity index (χ1v) is 5.74. The molecule has 0 spiro atoms. The first-order valence-electron chi connectivity index (χ1n) is 5.74. The lowest BCUT2D eigenvalue weighted by molar-refractivity contribution is 0.426. The van der Waals surface area contributed by atoms with Crippen LogP contribution in [-0.4, -0.2) is 26.7 Å². The van der Waals surface area contributed by atoms with Crippen LogP contribution in [-0.2, 0) is 0 Å². The van der Waals surface area contributed by atoms with E-state index in [9.17, 15) is 0 Å². The Morgan fingerprint density at radius 2 is 1.88 bits per heavy atom. The summed E-state index contributed by atoms with van der Waals surface area (Å²) in [7, 11) is -1.41. The SMILES string of the molecule is OB(O)c1ccc(-n2cnc(C3CC3)c2)cc1. The first-order chi connectivity index (χ1) is 8.24. The maximum absolute atomic E-state index is 9.01. The molecule has 1 aromatic carbocycles. The minimum Gasteiger partial charge on any atom is -0.423 e. The second-order valence-electron chi connectivity index (χ2n) is 4.45. The third kappa shape index (κ3) is 2.11. The summed E-state index contributed by atoms with van der Waals surface area (Å²) in [6.07, 6.45) is 6.33. The van der Waals surface area contributed by atoms with Gasteiger partial charge in [0.05, 0.1) is 12.0 Å². The molecular weight excluding hydrogens is 215 g/mol. The predicted molar refractivity (Wildman–Crippen MR) is 65.4 cm³/mol. The largest absolute Gasteiger partial charge is 0.488 e. The van der Waals surface area contributed by atoms with Crippen molar-refractivity contribution < 1.29 is 10.0 Å². The van der Waals surface area contributed by atoms with Gasteiger partial charge in [-0.1, -0.05) is 12.1 Å². The molecule has 0 aliphatic heterocycles. The van der Waals surface area contributed by atoms with E-state index in [1.54, 1.807) is 18.5 Å². The van der Waals surface area contributed by atoms with Crippen LogP contribution in [0.15, 0.2) is 36.8 Å². The summed E-state index contributed by atoms with van der Waals surface area (Å²) in [5.41, 5.74) is 2.63. The molecule has 0 bridgehead atoms. The molecule has 1 saturated carbocycles. The summed E-state index contributed by atoms with van der Waals surface area (Å²) in [5, 5.41) is 18.0. The van der Waals surface area contributed by atoms with Gasteiger partial charge >= 0.3 is 7.12 Å². The molecule has 5 heteroatoms. The molecule has 0 saturated heterocycles. The molecular formula is C12H13BN2O2. The van der Waals surface area contributed by atoms with Crippen molar-refractivity contribution in [2.24, 2.45) is 0 Å². The standard InChI is InChI=1S/C12H13BN2O2/c16-13(17)10-3-5-11(6-4-10)15-7-12(14-8-15)9-1-2-9/h3-9,16-17H,1-2H2. The maximum atomic E-state index is 9.01. The average Bonchev–Trinajstić information content (AvgIpc) is 3.07. The molecule has 0 atom stereocenters. The fraction of sp³-hybridized carbons (Fsp3) is 0.250. The zero-order chi connectivity index (χ0) is 11.8. The molecule has 0 amide bonds. The number of hydrogen-bond donors (Lipinski definition) is 2. The van der Waals surface area contributed by atoms with E-state index in [1.165, 1.54) is 12.8 Å². The van der Waals surface area contributed by atoms with E-state index in [2.05, 4.69) is 4.98 Å². The normalized spacial score (nSPS) is 14.9. The van der Waals surface area contributed by atoms with E-state index >= 15 is 0 Å². The highest BCUT2D eigenvalue weighted by Gasteiger charge is 2.25. The van der Waals surface area contributed by atoms with Gasteiger partial charge in [-0.05, 0) is 30.4 Å². The molecule has 1 aliphatic carbocycles. The van der Waals surface area contributed by atoms with Crippen molar-refractivity contribution in [1.29, 1.82) is 0 Å². The zero-order valence-corrected chi connectivity index (χ0v) is 9.32. The van der Waals surface area contributed by atoms with Gasteiger partial charge < -0.3 is 14.6 Å². The number of aromatic nitrogens is 2. The van der Waals surface area contributed by atoms with Crippen LogP contribution < -0.4 is 5.46 Å². The van der Waals surface area contributed by atoms with Crippen molar-refractivity contribution in [3.8, 4) is 5.69 Å². The Balaban J connectivity index is 1.86. The van der Waals surface area contributed by atoms with Gasteiger partial charge in [-0.3, -0.25) is 0 Å². The Labute approximate surface area is 99.7 Å². The van der Waals surface area contributed by atoms with Gasteiger partial charge in [0.15, 0.2) is 0 Å². The summed E-state index contributed by atoms with van der Waals surface area (Å²) < 4.78 is 1.96. The molecule has 1 heterocycles. The summed E-state index contributed by atoms with van der Waals surface area (Å²) in [4.78, 5) is 4.38. The Morgan fingerprint density at radius 3 is 2.47 bits per heavy atom. The van der Waals surface area contributed by atoms with Crippen molar-refractivity contribution in [3.63, 3.8) is 0 Å². The Bertz CT molecular complexity index is 518. The van der Waals surface area contributed by atoms with Crippen LogP contribution in [0.5, 0.6) is 0 Å². The number of rotatable bonds is 3. The van der Waals surface area contributed by atoms with E-state index in [-0.39, 0.29) is 0 Å². The third-order valence-corrected chi connectivity index (χ3v) is 3.09. The van der Waals surface area contributed by atoms with E-state index in [1.807, 2.05) is 22.9 Å². The van der Waals surface area contributed by atoms with Gasteiger partial charge in [-0.2, -0.15) is 0 Å². The quantitative estimate of drug-likeness (QED) is 0.749. The summed E-state index contributed by atoms with van der Waals surface area (Å²) >= 11 is 0. The van der Waals surface area contributed by atoms with Gasteiger partial charge in [-0.15, -0.1) is 0 Å². The lowest BCUT2D eigenvalue weighted by Gasteiger charge is -2.03. The third-order valence-electron chi connectivity index (χ3n) is 3.09. The maximum Gasteiger partial charge on any atom is 0.488 e. The summed E-state index contributed by atoms with van der Waals surface area (Å²) in [6.45, 7) is 0. The molecule has 2 N–H and O–H groups in total. The van der Waals surface area contributed by atoms with Gasteiger partial charge in [0.25, 0.3) is 0 Å². The molecule has 1 fully saturated rings. The van der Waals surface area contributed by atoms with E-state index in [0.29, 0.717) is 11.4 Å². The lowest BCUT2D eigenvalue weighted by atomic mass is 9.80. The van der Waals surface area contributed by atoms with E-state index in [0.717, 1.165) is 11.4 Å². The lowest BCUT2D eigenvalue weighted by Crippen LogP contribution is -2.29. The minimum absolute atomic E-state index is 0.497. The highest BCUT2D eigenvalue weighted by Crippen LogP contribution is 2.39. The van der Waals surface area contributed by atoms with Gasteiger partial charge in [0.1, 0.15) is 0 Å². The highest BCUT2D eigenvalue weighted by molar-refractivity contribution is 6.58. The Hall–Kier alpha value is -1.59. The summed E-state index contributed by atoms with van der Waals surface area (Å²) in [5.74, 6) is 0.648. The van der Waals surface area contributed by atoms with Crippen molar-refractivity contribution in [2.75, 3.05) is 0 Å². The fourth-order valence-corrected chi connectivity index (χ4v) is 1.89. The Kier molecular flexibility index (Phi) is 2.50. The molecule has 4 nitrogen and oxygen atoms in total. The number of hydrogen-bond acceptors (Lipinski definition) is 3. The Morgan fingerprint density at radius 1 is 1.18 bits per heavy atom. The molecule has 2 aromatic rings. The molecule has 1 aromatic heterocycles. The van der Waals surface area contributed by atoms with Crippen molar-refractivity contribution in [2.45, 2.75) is 18.8 Å². The first kappa shape index (κ1) is 10.6. The van der Waals surface area contributed by atoms with E-state index in [4.69, 9.17) is 10.0 Å². The topological polar surface area (TPSA) is 58.3 Å². The predicted octanol–water partition coefficient (Wildman–Crippen LogP) is 0.429. The van der Waals surface area contributed by atoms with Crippen LogP contribution >= 0.6 is 0 Å². The van der Waals surface area contributed by atoms with Crippen LogP contribution in [0.1, 0.15) is 24.5 Å². The second-order valence-corrected chi connectivity index (χ2v) is 4.45. The number of nitrogens with zero attached hydrogens (tertiary/aromatic N) is 2. The van der Waals surface area contributed by atoms with Crippen LogP contribution in [0, 0.1) is 0 Å². The van der Waals surface area contributed by atoms with Gasteiger partial charge in [-0.25, -0.2) is 4.98 Å². The van der Waals surface area contributed by atoms with Crippen molar-refractivity contribution in [3.05, 3.63) is 42.5 Å².